The molecule has 3 nitrogen and oxygen atoms in total. The number of rotatable bonds is 11. The van der Waals surface area contributed by atoms with Crippen molar-refractivity contribution in [3.63, 3.8) is 0 Å². The van der Waals surface area contributed by atoms with Crippen LogP contribution >= 0.6 is 15.9 Å². The molecule has 1 aromatic carbocycles. The maximum Gasteiger partial charge on any atom is 0.123 e. The van der Waals surface area contributed by atoms with Crippen LogP contribution < -0.4 is 10.1 Å². The summed E-state index contributed by atoms with van der Waals surface area (Å²) in [6, 6.07) is 6.14. The lowest BCUT2D eigenvalue weighted by Gasteiger charge is -2.13. The highest BCUT2D eigenvalue weighted by molar-refractivity contribution is 9.10. The van der Waals surface area contributed by atoms with Crippen LogP contribution in [0.25, 0.3) is 0 Å². The first-order valence-electron chi connectivity index (χ1n) is 7.83. The fourth-order valence-corrected chi connectivity index (χ4v) is 2.27. The number of halogens is 1. The van der Waals surface area contributed by atoms with E-state index in [4.69, 9.17) is 9.47 Å². The quantitative estimate of drug-likeness (QED) is 0.595. The highest BCUT2D eigenvalue weighted by Gasteiger charge is 2.04. The molecule has 0 aliphatic carbocycles. The van der Waals surface area contributed by atoms with E-state index in [1.165, 1.54) is 5.56 Å². The molecule has 1 rings (SSSR count). The van der Waals surface area contributed by atoms with Gasteiger partial charge in [0.05, 0.1) is 6.61 Å². The number of hydrogen-bond donors (Lipinski definition) is 1. The van der Waals surface area contributed by atoms with Gasteiger partial charge in [-0.1, -0.05) is 36.7 Å². The largest absolute Gasteiger partial charge is 0.491 e. The Kier molecular flexibility index (Phi) is 9.72. The van der Waals surface area contributed by atoms with E-state index in [0.29, 0.717) is 19.1 Å². The lowest BCUT2D eigenvalue weighted by molar-refractivity contribution is 0.0922. The molecule has 1 N–H and O–H groups in total. The van der Waals surface area contributed by atoms with E-state index in [2.05, 4.69) is 48.1 Å². The Morgan fingerprint density at radius 3 is 2.71 bits per heavy atom. The minimum Gasteiger partial charge on any atom is -0.491 e. The van der Waals surface area contributed by atoms with Gasteiger partial charge in [-0.3, -0.25) is 0 Å². The number of nitrogens with one attached hydrogen (secondary N) is 1. The molecule has 0 aromatic heterocycles. The summed E-state index contributed by atoms with van der Waals surface area (Å²) in [6.07, 6.45) is 2.23. The molecule has 0 heterocycles. The van der Waals surface area contributed by atoms with Crippen LogP contribution in [-0.4, -0.2) is 26.4 Å². The first-order chi connectivity index (χ1) is 10.1. The standard InChI is InChI=1S/C17H28BrNO2/c1-4-8-19-13-15-12-16(18)5-6-17(15)21-11-10-20-9-7-14(2)3/h5-6,12,14,19H,4,7-11,13H2,1-3H3. The predicted molar refractivity (Wildman–Crippen MR) is 91.9 cm³/mol. The van der Waals surface area contributed by atoms with Crippen molar-refractivity contribution in [1.29, 1.82) is 0 Å². The van der Waals surface area contributed by atoms with Crippen LogP contribution in [0.4, 0.5) is 0 Å². The summed E-state index contributed by atoms with van der Waals surface area (Å²) in [5.41, 5.74) is 1.18. The summed E-state index contributed by atoms with van der Waals surface area (Å²) in [5.74, 6) is 1.63. The molecule has 0 saturated heterocycles. The topological polar surface area (TPSA) is 30.5 Å². The molecule has 120 valence electrons. The van der Waals surface area contributed by atoms with Gasteiger partial charge in [0.25, 0.3) is 0 Å². The Hall–Kier alpha value is -0.580. The minimum atomic E-state index is 0.598. The SMILES string of the molecule is CCCNCc1cc(Br)ccc1OCCOCCC(C)C. The van der Waals surface area contributed by atoms with E-state index in [9.17, 15) is 0 Å². The predicted octanol–water partition coefficient (Wildman–Crippen LogP) is 4.39. The molecule has 0 aliphatic heterocycles. The van der Waals surface area contributed by atoms with Crippen molar-refractivity contribution >= 4 is 15.9 Å². The molecular formula is C17H28BrNO2. The van der Waals surface area contributed by atoms with Crippen molar-refractivity contribution in [2.45, 2.75) is 40.2 Å². The Morgan fingerprint density at radius 1 is 1.19 bits per heavy atom. The van der Waals surface area contributed by atoms with Crippen LogP contribution in [0.5, 0.6) is 5.75 Å². The van der Waals surface area contributed by atoms with Crippen molar-refractivity contribution in [3.8, 4) is 5.75 Å². The first kappa shape index (κ1) is 18.5. The smallest absolute Gasteiger partial charge is 0.123 e. The Bertz CT molecular complexity index is 396. The van der Waals surface area contributed by atoms with Gasteiger partial charge >= 0.3 is 0 Å². The van der Waals surface area contributed by atoms with Crippen LogP contribution in [0.1, 0.15) is 39.2 Å². The molecule has 0 bridgehead atoms. The summed E-state index contributed by atoms with van der Waals surface area (Å²) >= 11 is 3.51. The molecule has 0 radical (unpaired) electrons. The maximum atomic E-state index is 5.84. The molecule has 1 aromatic rings. The molecule has 0 aliphatic rings. The minimum absolute atomic E-state index is 0.598. The zero-order valence-corrected chi connectivity index (χ0v) is 15.0. The lowest BCUT2D eigenvalue weighted by atomic mass is 10.1. The van der Waals surface area contributed by atoms with Crippen molar-refractivity contribution in [3.05, 3.63) is 28.2 Å². The molecule has 4 heteroatoms. The van der Waals surface area contributed by atoms with Crippen LogP contribution in [-0.2, 0) is 11.3 Å². The fourth-order valence-electron chi connectivity index (χ4n) is 1.86. The van der Waals surface area contributed by atoms with Crippen LogP contribution in [0.3, 0.4) is 0 Å². The van der Waals surface area contributed by atoms with Gasteiger partial charge in [0.1, 0.15) is 12.4 Å². The molecule has 0 fully saturated rings. The summed E-state index contributed by atoms with van der Waals surface area (Å²) in [7, 11) is 0. The second kappa shape index (κ2) is 11.0. The third-order valence-electron chi connectivity index (χ3n) is 3.09. The number of hydrogen-bond acceptors (Lipinski definition) is 3. The third-order valence-corrected chi connectivity index (χ3v) is 3.58. The Morgan fingerprint density at radius 2 is 2.00 bits per heavy atom. The van der Waals surface area contributed by atoms with Gasteiger partial charge in [-0.05, 0) is 43.5 Å². The van der Waals surface area contributed by atoms with Gasteiger partial charge in [0.15, 0.2) is 0 Å². The zero-order chi connectivity index (χ0) is 15.5. The average Bonchev–Trinajstić information content (AvgIpc) is 2.44. The van der Waals surface area contributed by atoms with Crippen molar-refractivity contribution < 1.29 is 9.47 Å². The van der Waals surface area contributed by atoms with Gasteiger partial charge in [-0.15, -0.1) is 0 Å². The highest BCUT2D eigenvalue weighted by Crippen LogP contribution is 2.23. The van der Waals surface area contributed by atoms with E-state index >= 15 is 0 Å². The second-order valence-corrected chi connectivity index (χ2v) is 6.49. The van der Waals surface area contributed by atoms with Gasteiger partial charge in [-0.25, -0.2) is 0 Å². The van der Waals surface area contributed by atoms with Crippen molar-refractivity contribution in [2.24, 2.45) is 5.92 Å². The van der Waals surface area contributed by atoms with Crippen LogP contribution in [0, 0.1) is 5.92 Å². The second-order valence-electron chi connectivity index (χ2n) is 5.57. The third kappa shape index (κ3) is 8.44. The molecule has 0 saturated carbocycles. The van der Waals surface area contributed by atoms with Crippen molar-refractivity contribution in [1.82, 2.24) is 5.32 Å². The molecule has 0 amide bonds. The summed E-state index contributed by atoms with van der Waals surface area (Å²) in [5, 5.41) is 3.41. The Balaban J connectivity index is 2.35. The molecule has 0 atom stereocenters. The van der Waals surface area contributed by atoms with Gasteiger partial charge in [-0.2, -0.15) is 0 Å². The molecule has 0 unspecified atom stereocenters. The molecular weight excluding hydrogens is 330 g/mol. The monoisotopic (exact) mass is 357 g/mol. The van der Waals surface area contributed by atoms with E-state index in [1.807, 2.05) is 12.1 Å². The summed E-state index contributed by atoms with van der Waals surface area (Å²) < 4.78 is 12.5. The van der Waals surface area contributed by atoms with Gasteiger partial charge in [0, 0.05) is 23.2 Å². The summed E-state index contributed by atoms with van der Waals surface area (Å²) in [4.78, 5) is 0. The highest BCUT2D eigenvalue weighted by atomic mass is 79.9. The number of benzene rings is 1. The first-order valence-corrected chi connectivity index (χ1v) is 8.62. The lowest BCUT2D eigenvalue weighted by Crippen LogP contribution is -2.15. The van der Waals surface area contributed by atoms with Gasteiger partial charge < -0.3 is 14.8 Å². The molecule has 21 heavy (non-hydrogen) atoms. The van der Waals surface area contributed by atoms with E-state index in [1.54, 1.807) is 0 Å². The zero-order valence-electron chi connectivity index (χ0n) is 13.5. The van der Waals surface area contributed by atoms with Crippen LogP contribution in [0.15, 0.2) is 22.7 Å². The summed E-state index contributed by atoms with van der Waals surface area (Å²) in [6.45, 7) is 10.5. The van der Waals surface area contributed by atoms with Crippen molar-refractivity contribution in [2.75, 3.05) is 26.4 Å². The van der Waals surface area contributed by atoms with Gasteiger partial charge in [0.2, 0.25) is 0 Å². The average molecular weight is 358 g/mol. The number of ether oxygens (including phenoxy) is 2. The Labute approximate surface area is 137 Å². The van der Waals surface area contributed by atoms with E-state index in [-0.39, 0.29) is 0 Å². The normalized spacial score (nSPS) is 11.1. The molecule has 0 spiro atoms. The maximum absolute atomic E-state index is 5.84. The van der Waals surface area contributed by atoms with E-state index in [0.717, 1.165) is 42.8 Å². The van der Waals surface area contributed by atoms with E-state index < -0.39 is 0 Å². The van der Waals surface area contributed by atoms with Crippen LogP contribution in [0.2, 0.25) is 0 Å². The fraction of sp³-hybridized carbons (Fsp3) is 0.647.